The number of carboxylic acid groups (broad SMARTS) is 1. The molecule has 0 saturated heterocycles. The topological polar surface area (TPSA) is 63.3 Å². The van der Waals surface area contributed by atoms with Gasteiger partial charge >= 0.3 is 5.97 Å². The second kappa shape index (κ2) is 2.47. The fourth-order valence-corrected chi connectivity index (χ4v) is 3.19. The standard InChI is InChI=1S/C10H17NO2/c1-10(2)5-3-6(10)8(9(12)13)7(11)4-5/h5-8H,3-4,11H2,1-2H3,(H,12,13)/t5-,6+,7+,8-/m1/s1. The van der Waals surface area contributed by atoms with Crippen molar-refractivity contribution >= 4 is 5.97 Å². The smallest absolute Gasteiger partial charge is 0.308 e. The highest BCUT2D eigenvalue weighted by Gasteiger charge is 2.59. The van der Waals surface area contributed by atoms with Crippen molar-refractivity contribution in [3.63, 3.8) is 0 Å². The molecule has 0 spiro atoms. The molecule has 4 atom stereocenters. The summed E-state index contributed by atoms with van der Waals surface area (Å²) < 4.78 is 0. The lowest BCUT2D eigenvalue weighted by atomic mass is 9.44. The van der Waals surface area contributed by atoms with E-state index in [1.807, 2.05) is 0 Å². The van der Waals surface area contributed by atoms with E-state index < -0.39 is 5.97 Å². The summed E-state index contributed by atoms with van der Waals surface area (Å²) in [6.45, 7) is 4.35. The molecule has 0 unspecified atom stereocenters. The van der Waals surface area contributed by atoms with Crippen LogP contribution in [0.15, 0.2) is 0 Å². The maximum atomic E-state index is 11.0. The lowest BCUT2D eigenvalue weighted by molar-refractivity contribution is -0.167. The van der Waals surface area contributed by atoms with E-state index in [-0.39, 0.29) is 17.4 Å². The first-order valence-electron chi connectivity index (χ1n) is 4.93. The summed E-state index contributed by atoms with van der Waals surface area (Å²) in [4.78, 5) is 11.0. The van der Waals surface area contributed by atoms with Crippen LogP contribution in [-0.4, -0.2) is 17.1 Å². The van der Waals surface area contributed by atoms with Crippen LogP contribution >= 0.6 is 0 Å². The molecule has 3 rings (SSSR count). The number of rotatable bonds is 1. The van der Waals surface area contributed by atoms with Crippen LogP contribution in [0.1, 0.15) is 26.7 Å². The van der Waals surface area contributed by atoms with Crippen LogP contribution in [0, 0.1) is 23.2 Å². The molecule has 3 aliphatic rings. The number of hydrogen-bond donors (Lipinski definition) is 2. The van der Waals surface area contributed by atoms with Gasteiger partial charge in [0.2, 0.25) is 0 Å². The number of fused-ring (bicyclic) bond motifs is 2. The lowest BCUT2D eigenvalue weighted by Crippen LogP contribution is -2.61. The van der Waals surface area contributed by atoms with E-state index in [1.165, 1.54) is 0 Å². The predicted molar refractivity (Wildman–Crippen MR) is 49.1 cm³/mol. The Morgan fingerprint density at radius 2 is 2.08 bits per heavy atom. The minimum Gasteiger partial charge on any atom is -0.481 e. The Kier molecular flexibility index (Phi) is 1.71. The van der Waals surface area contributed by atoms with Gasteiger partial charge in [-0.15, -0.1) is 0 Å². The zero-order valence-electron chi connectivity index (χ0n) is 8.16. The van der Waals surface area contributed by atoms with Crippen molar-refractivity contribution in [3.05, 3.63) is 0 Å². The van der Waals surface area contributed by atoms with E-state index in [4.69, 9.17) is 10.8 Å². The first kappa shape index (κ1) is 9.00. The van der Waals surface area contributed by atoms with Crippen LogP contribution < -0.4 is 5.73 Å². The third kappa shape index (κ3) is 1.03. The number of aliphatic carboxylic acids is 1. The molecule has 0 aliphatic heterocycles. The number of carboxylic acids is 1. The monoisotopic (exact) mass is 183 g/mol. The van der Waals surface area contributed by atoms with Crippen LogP contribution in [0.3, 0.4) is 0 Å². The van der Waals surface area contributed by atoms with E-state index in [2.05, 4.69) is 13.8 Å². The van der Waals surface area contributed by atoms with Crippen molar-refractivity contribution in [2.45, 2.75) is 32.7 Å². The fourth-order valence-electron chi connectivity index (χ4n) is 3.19. The van der Waals surface area contributed by atoms with Crippen molar-refractivity contribution in [1.29, 1.82) is 0 Å². The largest absolute Gasteiger partial charge is 0.481 e. The zero-order valence-corrected chi connectivity index (χ0v) is 8.16. The van der Waals surface area contributed by atoms with Crippen LogP contribution in [-0.2, 0) is 4.79 Å². The van der Waals surface area contributed by atoms with Gasteiger partial charge in [0.15, 0.2) is 0 Å². The molecule has 0 aromatic carbocycles. The van der Waals surface area contributed by atoms with E-state index in [0.717, 1.165) is 12.8 Å². The van der Waals surface area contributed by atoms with Crippen molar-refractivity contribution in [2.24, 2.45) is 28.9 Å². The van der Waals surface area contributed by atoms with Gasteiger partial charge in [0.05, 0.1) is 5.92 Å². The summed E-state index contributed by atoms with van der Waals surface area (Å²) in [6.07, 6.45) is 1.96. The molecule has 0 radical (unpaired) electrons. The van der Waals surface area contributed by atoms with E-state index in [9.17, 15) is 4.79 Å². The van der Waals surface area contributed by atoms with Gasteiger partial charge in [-0.2, -0.15) is 0 Å². The second-order valence-electron chi connectivity index (χ2n) is 5.12. The highest BCUT2D eigenvalue weighted by Crippen LogP contribution is 2.60. The highest BCUT2D eigenvalue weighted by molar-refractivity contribution is 5.72. The zero-order chi connectivity index (χ0) is 9.80. The first-order valence-corrected chi connectivity index (χ1v) is 4.93. The third-order valence-corrected chi connectivity index (χ3v) is 4.28. The van der Waals surface area contributed by atoms with Gasteiger partial charge < -0.3 is 10.8 Å². The van der Waals surface area contributed by atoms with Gasteiger partial charge in [0.25, 0.3) is 0 Å². The maximum absolute atomic E-state index is 11.0. The average molecular weight is 183 g/mol. The van der Waals surface area contributed by atoms with E-state index in [1.54, 1.807) is 0 Å². The van der Waals surface area contributed by atoms with Crippen LogP contribution in [0.2, 0.25) is 0 Å². The van der Waals surface area contributed by atoms with Gasteiger partial charge in [0, 0.05) is 6.04 Å². The molecule has 3 nitrogen and oxygen atoms in total. The Bertz CT molecular complexity index is 249. The summed E-state index contributed by atoms with van der Waals surface area (Å²) in [5.41, 5.74) is 6.05. The minimum absolute atomic E-state index is 0.116. The van der Waals surface area contributed by atoms with Gasteiger partial charge in [-0.3, -0.25) is 4.79 Å². The molecular weight excluding hydrogens is 166 g/mol. The molecule has 0 heterocycles. The number of nitrogens with two attached hydrogens (primary N) is 1. The molecule has 13 heavy (non-hydrogen) atoms. The van der Waals surface area contributed by atoms with Gasteiger partial charge in [-0.05, 0) is 30.1 Å². The molecule has 3 fully saturated rings. The third-order valence-electron chi connectivity index (χ3n) is 4.28. The Balaban J connectivity index is 2.22. The molecule has 3 heteroatoms. The highest BCUT2D eigenvalue weighted by atomic mass is 16.4. The predicted octanol–water partition coefficient (Wildman–Crippen LogP) is 1.08. The second-order valence-corrected chi connectivity index (χ2v) is 5.12. The molecule has 3 saturated carbocycles. The van der Waals surface area contributed by atoms with Crippen molar-refractivity contribution in [2.75, 3.05) is 0 Å². The maximum Gasteiger partial charge on any atom is 0.308 e. The summed E-state index contributed by atoms with van der Waals surface area (Å²) >= 11 is 0. The fraction of sp³-hybridized carbons (Fsp3) is 0.900. The molecule has 0 aromatic heterocycles. The lowest BCUT2D eigenvalue weighted by Gasteiger charge is -2.60. The molecule has 2 bridgehead atoms. The van der Waals surface area contributed by atoms with Crippen molar-refractivity contribution < 1.29 is 9.90 Å². The van der Waals surface area contributed by atoms with E-state index in [0.29, 0.717) is 11.8 Å². The molecular formula is C10H17NO2. The minimum atomic E-state index is -0.705. The quantitative estimate of drug-likeness (QED) is 0.639. The normalized spacial score (nSPS) is 46.7. The molecule has 3 N–H and O–H groups in total. The molecule has 0 amide bonds. The van der Waals surface area contributed by atoms with Crippen molar-refractivity contribution in [3.8, 4) is 0 Å². The van der Waals surface area contributed by atoms with Crippen LogP contribution in [0.25, 0.3) is 0 Å². The Morgan fingerprint density at radius 1 is 1.46 bits per heavy atom. The summed E-state index contributed by atoms with van der Waals surface area (Å²) in [7, 11) is 0. The van der Waals surface area contributed by atoms with Gasteiger partial charge in [-0.1, -0.05) is 13.8 Å². The van der Waals surface area contributed by atoms with Crippen molar-refractivity contribution in [1.82, 2.24) is 0 Å². The molecule has 3 aliphatic carbocycles. The Morgan fingerprint density at radius 3 is 2.46 bits per heavy atom. The average Bonchev–Trinajstić information content (AvgIpc) is 2.03. The van der Waals surface area contributed by atoms with Gasteiger partial charge in [-0.25, -0.2) is 0 Å². The Hall–Kier alpha value is -0.570. The molecule has 74 valence electrons. The van der Waals surface area contributed by atoms with Crippen LogP contribution in [0.5, 0.6) is 0 Å². The van der Waals surface area contributed by atoms with Crippen LogP contribution in [0.4, 0.5) is 0 Å². The SMILES string of the molecule is CC1(C)[C@H]2C[C@H](N)[C@H](C(=O)O)[C@@H]1C2. The first-order chi connectivity index (χ1) is 5.94. The number of carbonyl (C=O) groups is 1. The summed E-state index contributed by atoms with van der Waals surface area (Å²) in [5.74, 6) is -0.0504. The number of hydrogen-bond acceptors (Lipinski definition) is 2. The Labute approximate surface area is 78.3 Å². The van der Waals surface area contributed by atoms with Gasteiger partial charge in [0.1, 0.15) is 0 Å². The molecule has 0 aromatic rings. The summed E-state index contributed by atoms with van der Waals surface area (Å²) in [6, 6.07) is -0.116. The van der Waals surface area contributed by atoms with E-state index >= 15 is 0 Å². The summed E-state index contributed by atoms with van der Waals surface area (Å²) in [5, 5.41) is 9.06.